The lowest BCUT2D eigenvalue weighted by molar-refractivity contribution is 0.275. The number of nitrogens with zero attached hydrogens (tertiary/aromatic N) is 2. The van der Waals surface area contributed by atoms with E-state index in [0.29, 0.717) is 5.56 Å². The van der Waals surface area contributed by atoms with E-state index in [1.165, 1.54) is 5.56 Å². The van der Waals surface area contributed by atoms with Crippen molar-refractivity contribution in [3.8, 4) is 28.1 Å². The predicted molar refractivity (Wildman–Crippen MR) is 172 cm³/mol. The van der Waals surface area contributed by atoms with Crippen molar-refractivity contribution in [2.75, 3.05) is 0 Å². The summed E-state index contributed by atoms with van der Waals surface area (Å²) in [5.74, 6) is 0. The molecule has 0 aliphatic carbocycles. The van der Waals surface area contributed by atoms with Gasteiger partial charge in [-0.3, -0.25) is 0 Å². The summed E-state index contributed by atoms with van der Waals surface area (Å²) in [5, 5.41) is 5.15. The largest absolute Gasteiger partial charge is 0.236 e. The van der Waals surface area contributed by atoms with Gasteiger partial charge in [-0.05, 0) is 88.1 Å². The fraction of sp³-hybridized carbons (Fsp3) is 0.447. The molecule has 0 spiro atoms. The van der Waals surface area contributed by atoms with Crippen LogP contribution in [0.4, 0.5) is 0 Å². The fourth-order valence-electron chi connectivity index (χ4n) is 5.76. The second kappa shape index (κ2) is 9.47. The van der Waals surface area contributed by atoms with E-state index in [0.717, 1.165) is 44.9 Å². The number of aromatic nitrogens is 2. The van der Waals surface area contributed by atoms with Crippen LogP contribution in [-0.4, -0.2) is 9.78 Å². The van der Waals surface area contributed by atoms with E-state index in [1.54, 1.807) is 0 Å². The van der Waals surface area contributed by atoms with Crippen molar-refractivity contribution < 1.29 is 5.48 Å². The minimum absolute atomic E-state index is 0.197. The van der Waals surface area contributed by atoms with Gasteiger partial charge in [-0.1, -0.05) is 112 Å². The molecule has 0 radical (unpaired) electrons. The Morgan fingerprint density at radius 1 is 0.700 bits per heavy atom. The Balaban J connectivity index is 1.58. The van der Waals surface area contributed by atoms with E-state index in [9.17, 15) is 0 Å². The number of hydrogen-bond acceptors (Lipinski definition) is 1. The third-order valence-electron chi connectivity index (χ3n) is 8.58. The van der Waals surface area contributed by atoms with E-state index in [2.05, 4.69) is 62.7 Å². The molecule has 2 heterocycles. The number of hydrogen-bond donors (Lipinski definition) is 0. The van der Waals surface area contributed by atoms with Gasteiger partial charge in [-0.2, -0.15) is 5.10 Å². The van der Waals surface area contributed by atoms with E-state index < -0.39 is 23.6 Å². The van der Waals surface area contributed by atoms with Crippen molar-refractivity contribution in [3.05, 3.63) is 94.7 Å². The van der Waals surface area contributed by atoms with Crippen LogP contribution in [0.3, 0.4) is 0 Å². The van der Waals surface area contributed by atoms with Gasteiger partial charge in [0.25, 0.3) is 0 Å². The first-order valence-corrected chi connectivity index (χ1v) is 14.5. The molecule has 2 nitrogen and oxygen atoms in total. The number of rotatable bonds is 4. The van der Waals surface area contributed by atoms with Gasteiger partial charge in [0, 0.05) is 21.9 Å². The van der Waals surface area contributed by atoms with Gasteiger partial charge in [0.05, 0.1) is 17.1 Å². The van der Waals surface area contributed by atoms with Crippen molar-refractivity contribution in [2.24, 2.45) is 10.8 Å². The van der Waals surface area contributed by atoms with Crippen molar-refractivity contribution in [1.29, 1.82) is 0 Å². The normalized spacial score (nSPS) is 18.2. The SMILES string of the molecule is [2H]C([2H])(c1ccc(-c2ccc3c(c2)C(C)(C)C(C)(C)c2cc(-c4ccc(C([2H])([2H])C(C)(C)C)c(C)c4)nn2-3)cc1)C(C)(C)C. The third-order valence-corrected chi connectivity index (χ3v) is 8.58. The zero-order chi connectivity index (χ0) is 32.8. The summed E-state index contributed by atoms with van der Waals surface area (Å²) in [5.41, 5.74) is 8.38. The lowest BCUT2D eigenvalue weighted by Crippen LogP contribution is -2.45. The van der Waals surface area contributed by atoms with Crippen LogP contribution in [-0.2, 0) is 23.6 Å². The average molecular weight is 537 g/mol. The van der Waals surface area contributed by atoms with E-state index in [-0.39, 0.29) is 10.8 Å². The Bertz CT molecular complexity index is 1730. The maximum absolute atomic E-state index is 8.79. The molecule has 1 aliphatic heterocycles. The number of aryl methyl sites for hydroxylation is 1. The van der Waals surface area contributed by atoms with Crippen molar-refractivity contribution >= 4 is 0 Å². The third kappa shape index (κ3) is 5.18. The molecule has 0 saturated carbocycles. The minimum atomic E-state index is -1.45. The second-order valence-electron chi connectivity index (χ2n) is 14.7. The van der Waals surface area contributed by atoms with Gasteiger partial charge in [0.15, 0.2) is 0 Å². The molecule has 40 heavy (non-hydrogen) atoms. The Kier molecular flexibility index (Phi) is 5.58. The highest BCUT2D eigenvalue weighted by atomic mass is 15.3. The molecule has 210 valence electrons. The average Bonchev–Trinajstić information content (AvgIpc) is 3.37. The molecule has 3 aromatic carbocycles. The molecule has 1 aliphatic rings. The summed E-state index contributed by atoms with van der Waals surface area (Å²) in [6.45, 7) is 22.8. The van der Waals surface area contributed by atoms with Crippen LogP contribution in [0.25, 0.3) is 28.1 Å². The molecule has 0 fully saturated rings. The molecule has 1 aromatic heterocycles. The number of fused-ring (bicyclic) bond motifs is 3. The summed E-state index contributed by atoms with van der Waals surface area (Å²) in [7, 11) is 0. The predicted octanol–water partition coefficient (Wildman–Crippen LogP) is 10.3. The molecule has 0 atom stereocenters. The van der Waals surface area contributed by atoms with Gasteiger partial charge in [-0.25, -0.2) is 4.68 Å². The highest BCUT2D eigenvalue weighted by Crippen LogP contribution is 2.51. The molecule has 0 saturated heterocycles. The van der Waals surface area contributed by atoms with E-state index in [1.807, 2.05) is 84.9 Å². The van der Waals surface area contributed by atoms with Gasteiger partial charge in [0.1, 0.15) is 0 Å². The molecule has 0 unspecified atom stereocenters. The van der Waals surface area contributed by atoms with Crippen LogP contribution < -0.4 is 0 Å². The van der Waals surface area contributed by atoms with Crippen LogP contribution in [0.2, 0.25) is 0 Å². The van der Waals surface area contributed by atoms with Crippen molar-refractivity contribution in [1.82, 2.24) is 9.78 Å². The summed E-state index contributed by atoms with van der Waals surface area (Å²) in [4.78, 5) is 0. The first-order valence-electron chi connectivity index (χ1n) is 16.5. The Labute approximate surface area is 248 Å². The zero-order valence-corrected chi connectivity index (χ0v) is 26.2. The number of benzene rings is 3. The maximum Gasteiger partial charge on any atom is 0.0930 e. The van der Waals surface area contributed by atoms with Crippen LogP contribution in [0, 0.1) is 17.8 Å². The van der Waals surface area contributed by atoms with E-state index >= 15 is 0 Å². The highest BCUT2D eigenvalue weighted by molar-refractivity contribution is 5.70. The fourth-order valence-corrected chi connectivity index (χ4v) is 5.76. The van der Waals surface area contributed by atoms with Crippen LogP contribution in [0.5, 0.6) is 0 Å². The van der Waals surface area contributed by atoms with Crippen LogP contribution in [0.15, 0.2) is 66.7 Å². The Hall–Kier alpha value is -3.13. The smallest absolute Gasteiger partial charge is 0.0930 e. The molecule has 2 heteroatoms. The molecular formula is C38H48N2. The summed E-state index contributed by atoms with van der Waals surface area (Å²) in [6, 6.07) is 22.7. The van der Waals surface area contributed by atoms with Gasteiger partial charge < -0.3 is 0 Å². The van der Waals surface area contributed by atoms with Gasteiger partial charge in [0.2, 0.25) is 0 Å². The molecule has 0 amide bonds. The maximum atomic E-state index is 8.79. The molecule has 0 bridgehead atoms. The lowest BCUT2D eigenvalue weighted by atomic mass is 9.60. The summed E-state index contributed by atoms with van der Waals surface area (Å²) < 4.78 is 37.0. The quantitative estimate of drug-likeness (QED) is 0.254. The molecule has 0 N–H and O–H groups in total. The standard InChI is InChI=1S/C38H48N2/c1-25-20-29(16-17-30(25)24-36(5,6)7)32-22-34-38(10,11)37(8,9)31-21-28(18-19-33(31)40(34)39-32)27-14-12-26(13-15-27)23-35(2,3)4/h12-22H,23-24H2,1-11H3/i23D2,24D2. The minimum Gasteiger partial charge on any atom is -0.236 e. The van der Waals surface area contributed by atoms with Gasteiger partial charge in [-0.15, -0.1) is 0 Å². The molecular weight excluding hydrogens is 484 g/mol. The van der Waals surface area contributed by atoms with Crippen molar-refractivity contribution in [2.45, 2.75) is 99.7 Å². The van der Waals surface area contributed by atoms with E-state index in [4.69, 9.17) is 10.6 Å². The van der Waals surface area contributed by atoms with Crippen LogP contribution in [0.1, 0.15) is 103 Å². The first kappa shape index (κ1) is 23.6. The summed E-state index contributed by atoms with van der Waals surface area (Å²) in [6.07, 6.45) is -2.89. The molecule has 5 rings (SSSR count). The lowest BCUT2D eigenvalue weighted by Gasteiger charge is -2.47. The zero-order valence-electron chi connectivity index (χ0n) is 30.2. The monoisotopic (exact) mass is 536 g/mol. The summed E-state index contributed by atoms with van der Waals surface area (Å²) >= 11 is 0. The van der Waals surface area contributed by atoms with Crippen molar-refractivity contribution in [3.63, 3.8) is 0 Å². The van der Waals surface area contributed by atoms with Crippen LogP contribution >= 0.6 is 0 Å². The highest BCUT2D eigenvalue weighted by Gasteiger charge is 2.47. The first-order chi connectivity index (χ1) is 20.0. The second-order valence-corrected chi connectivity index (χ2v) is 14.7. The molecule has 4 aromatic rings. The Morgan fingerprint density at radius 2 is 1.30 bits per heavy atom. The topological polar surface area (TPSA) is 17.8 Å². The Morgan fingerprint density at radius 3 is 1.90 bits per heavy atom. The van der Waals surface area contributed by atoms with Gasteiger partial charge >= 0.3 is 0 Å².